The molecule has 1 unspecified atom stereocenters. The average molecular weight is 267 g/mol. The molecule has 108 valence electrons. The first-order valence-electron chi connectivity index (χ1n) is 6.79. The van der Waals surface area contributed by atoms with Gasteiger partial charge in [-0.3, -0.25) is 14.8 Å². The summed E-state index contributed by atoms with van der Waals surface area (Å²) in [5.74, 6) is 0.224. The van der Waals surface area contributed by atoms with Crippen molar-refractivity contribution in [3.8, 4) is 0 Å². The monoisotopic (exact) mass is 267 g/mol. The van der Waals surface area contributed by atoms with Crippen LogP contribution in [0.1, 0.15) is 45.9 Å². The van der Waals surface area contributed by atoms with Crippen molar-refractivity contribution >= 4 is 5.97 Å². The summed E-state index contributed by atoms with van der Waals surface area (Å²) in [4.78, 5) is 11.7. The van der Waals surface area contributed by atoms with Crippen molar-refractivity contribution in [2.24, 2.45) is 5.92 Å². The molecule has 1 aromatic heterocycles. The topological polar surface area (TPSA) is 56.1 Å². The standard InChI is InChI=1S/C14H25N3O2/c1-10(2)8-13(14(18)19-5)15-9-12-6-7-17(16-12)11(3)4/h6-7,10-11,13,15H,8-9H2,1-5H3. The quantitative estimate of drug-likeness (QED) is 0.769. The van der Waals surface area contributed by atoms with E-state index in [0.717, 1.165) is 12.1 Å². The maximum absolute atomic E-state index is 11.7. The third-order valence-corrected chi connectivity index (χ3v) is 2.92. The number of nitrogens with zero attached hydrogens (tertiary/aromatic N) is 2. The molecule has 19 heavy (non-hydrogen) atoms. The molecule has 0 aromatic carbocycles. The van der Waals surface area contributed by atoms with Crippen molar-refractivity contribution in [1.82, 2.24) is 15.1 Å². The molecule has 0 aliphatic heterocycles. The van der Waals surface area contributed by atoms with Crippen LogP contribution in [0.5, 0.6) is 0 Å². The summed E-state index contributed by atoms with van der Waals surface area (Å²) in [5.41, 5.74) is 0.936. The first-order valence-corrected chi connectivity index (χ1v) is 6.79. The average Bonchev–Trinajstić information content (AvgIpc) is 2.82. The van der Waals surface area contributed by atoms with Gasteiger partial charge in [0.1, 0.15) is 6.04 Å². The van der Waals surface area contributed by atoms with Crippen molar-refractivity contribution in [3.63, 3.8) is 0 Å². The molecule has 0 radical (unpaired) electrons. The molecular weight excluding hydrogens is 242 g/mol. The molecule has 0 aliphatic rings. The third-order valence-electron chi connectivity index (χ3n) is 2.92. The van der Waals surface area contributed by atoms with E-state index in [-0.39, 0.29) is 12.0 Å². The molecule has 0 amide bonds. The Hall–Kier alpha value is -1.36. The first kappa shape index (κ1) is 15.7. The number of hydrogen-bond donors (Lipinski definition) is 1. The van der Waals surface area contributed by atoms with Crippen LogP contribution in [0, 0.1) is 5.92 Å². The minimum Gasteiger partial charge on any atom is -0.468 e. The lowest BCUT2D eigenvalue weighted by Gasteiger charge is -2.17. The van der Waals surface area contributed by atoms with E-state index in [1.807, 2.05) is 16.9 Å². The number of nitrogens with one attached hydrogen (secondary N) is 1. The summed E-state index contributed by atoms with van der Waals surface area (Å²) in [6.07, 6.45) is 2.72. The highest BCUT2D eigenvalue weighted by molar-refractivity contribution is 5.75. The van der Waals surface area contributed by atoms with E-state index in [1.54, 1.807) is 0 Å². The van der Waals surface area contributed by atoms with Gasteiger partial charge in [-0.1, -0.05) is 13.8 Å². The van der Waals surface area contributed by atoms with Gasteiger partial charge in [0.2, 0.25) is 0 Å². The summed E-state index contributed by atoms with van der Waals surface area (Å²) >= 11 is 0. The number of methoxy groups -OCH3 is 1. The molecule has 0 spiro atoms. The summed E-state index contributed by atoms with van der Waals surface area (Å²) < 4.78 is 6.73. The fourth-order valence-electron chi connectivity index (χ4n) is 1.86. The van der Waals surface area contributed by atoms with Crippen LogP contribution in [0.3, 0.4) is 0 Å². The Morgan fingerprint density at radius 3 is 2.58 bits per heavy atom. The fourth-order valence-corrected chi connectivity index (χ4v) is 1.86. The SMILES string of the molecule is COC(=O)C(CC(C)C)NCc1ccn(C(C)C)n1. The maximum Gasteiger partial charge on any atom is 0.322 e. The van der Waals surface area contributed by atoms with E-state index in [2.05, 4.69) is 38.1 Å². The molecule has 0 aliphatic carbocycles. The van der Waals surface area contributed by atoms with Gasteiger partial charge >= 0.3 is 5.97 Å². The fraction of sp³-hybridized carbons (Fsp3) is 0.714. The summed E-state index contributed by atoms with van der Waals surface area (Å²) in [6.45, 7) is 8.92. The second-order valence-electron chi connectivity index (χ2n) is 5.47. The molecule has 1 aromatic rings. The summed E-state index contributed by atoms with van der Waals surface area (Å²) in [5, 5.41) is 7.67. The highest BCUT2D eigenvalue weighted by Crippen LogP contribution is 2.08. The summed E-state index contributed by atoms with van der Waals surface area (Å²) in [7, 11) is 1.42. The van der Waals surface area contributed by atoms with Gasteiger partial charge in [0.15, 0.2) is 0 Å². The van der Waals surface area contributed by atoms with Gasteiger partial charge in [0.25, 0.3) is 0 Å². The number of ether oxygens (including phenoxy) is 1. The third kappa shape index (κ3) is 5.03. The van der Waals surface area contributed by atoms with Crippen LogP contribution in [0.2, 0.25) is 0 Å². The first-order chi connectivity index (χ1) is 8.93. The predicted molar refractivity (Wildman–Crippen MR) is 74.7 cm³/mol. The number of rotatable bonds is 7. The van der Waals surface area contributed by atoms with Crippen LogP contribution in [0.15, 0.2) is 12.3 Å². The van der Waals surface area contributed by atoms with Gasteiger partial charge < -0.3 is 4.74 Å². The lowest BCUT2D eigenvalue weighted by Crippen LogP contribution is -2.38. The van der Waals surface area contributed by atoms with Gasteiger partial charge in [-0.05, 0) is 32.3 Å². The van der Waals surface area contributed by atoms with E-state index < -0.39 is 0 Å². The Kier molecular flexibility index (Phi) is 6.02. The van der Waals surface area contributed by atoms with Crippen LogP contribution in [-0.2, 0) is 16.1 Å². The Bertz CT molecular complexity index is 399. The molecule has 5 heteroatoms. The molecule has 0 fully saturated rings. The molecule has 0 saturated carbocycles. The van der Waals surface area contributed by atoms with E-state index >= 15 is 0 Å². The molecule has 5 nitrogen and oxygen atoms in total. The molecule has 1 rings (SSSR count). The lowest BCUT2D eigenvalue weighted by molar-refractivity contribution is -0.143. The number of hydrogen-bond acceptors (Lipinski definition) is 4. The van der Waals surface area contributed by atoms with E-state index in [0.29, 0.717) is 18.5 Å². The van der Waals surface area contributed by atoms with Gasteiger partial charge in [-0.25, -0.2) is 0 Å². The van der Waals surface area contributed by atoms with Crippen molar-refractivity contribution in [3.05, 3.63) is 18.0 Å². The van der Waals surface area contributed by atoms with E-state index in [9.17, 15) is 4.79 Å². The Morgan fingerprint density at radius 1 is 1.42 bits per heavy atom. The lowest BCUT2D eigenvalue weighted by atomic mass is 10.0. The molecule has 1 N–H and O–H groups in total. The Morgan fingerprint density at radius 2 is 2.11 bits per heavy atom. The van der Waals surface area contributed by atoms with Crippen LogP contribution in [0.25, 0.3) is 0 Å². The molecule has 1 heterocycles. The molecular formula is C14H25N3O2. The smallest absolute Gasteiger partial charge is 0.322 e. The predicted octanol–water partition coefficient (Wildman–Crippen LogP) is 2.14. The second kappa shape index (κ2) is 7.28. The Balaban J connectivity index is 2.57. The van der Waals surface area contributed by atoms with Crippen molar-refractivity contribution in [1.29, 1.82) is 0 Å². The zero-order valence-corrected chi connectivity index (χ0v) is 12.5. The minimum absolute atomic E-state index is 0.211. The van der Waals surface area contributed by atoms with Crippen molar-refractivity contribution in [2.75, 3.05) is 7.11 Å². The number of carbonyl (C=O) groups excluding carboxylic acids is 1. The van der Waals surface area contributed by atoms with Crippen LogP contribution in [-0.4, -0.2) is 28.9 Å². The van der Waals surface area contributed by atoms with Gasteiger partial charge in [0.05, 0.1) is 12.8 Å². The Labute approximate surface area is 115 Å². The number of carbonyl (C=O) groups is 1. The van der Waals surface area contributed by atoms with E-state index in [1.165, 1.54) is 7.11 Å². The maximum atomic E-state index is 11.7. The van der Waals surface area contributed by atoms with Crippen molar-refractivity contribution in [2.45, 2.75) is 52.7 Å². The van der Waals surface area contributed by atoms with Gasteiger partial charge in [-0.2, -0.15) is 5.10 Å². The normalized spacial score (nSPS) is 13.0. The summed E-state index contributed by atoms with van der Waals surface area (Å²) in [6, 6.07) is 2.05. The van der Waals surface area contributed by atoms with Crippen LogP contribution < -0.4 is 5.32 Å². The number of aromatic nitrogens is 2. The minimum atomic E-state index is -0.269. The molecule has 0 saturated heterocycles. The zero-order valence-electron chi connectivity index (χ0n) is 12.5. The number of esters is 1. The van der Waals surface area contributed by atoms with Crippen LogP contribution >= 0.6 is 0 Å². The highest BCUT2D eigenvalue weighted by Gasteiger charge is 2.20. The van der Waals surface area contributed by atoms with Crippen molar-refractivity contribution < 1.29 is 9.53 Å². The zero-order chi connectivity index (χ0) is 14.4. The van der Waals surface area contributed by atoms with Crippen LogP contribution in [0.4, 0.5) is 0 Å². The molecule has 1 atom stereocenters. The largest absolute Gasteiger partial charge is 0.468 e. The van der Waals surface area contributed by atoms with E-state index in [4.69, 9.17) is 4.74 Å². The second-order valence-corrected chi connectivity index (χ2v) is 5.47. The van der Waals surface area contributed by atoms with Gasteiger partial charge in [0, 0.05) is 18.8 Å². The highest BCUT2D eigenvalue weighted by atomic mass is 16.5. The molecule has 0 bridgehead atoms. The van der Waals surface area contributed by atoms with Gasteiger partial charge in [-0.15, -0.1) is 0 Å².